The van der Waals surface area contributed by atoms with Gasteiger partial charge in [-0.15, -0.1) is 0 Å². The molecule has 4 aromatic carbocycles. The molecule has 8 amide bonds. The van der Waals surface area contributed by atoms with Crippen molar-refractivity contribution in [1.82, 2.24) is 46.8 Å². The van der Waals surface area contributed by atoms with E-state index in [1.807, 2.05) is 54.6 Å². The molecule has 2 aromatic heterocycles. The molecule has 15 N–H and O–H groups in total. The first-order chi connectivity index (χ1) is 38.6. The van der Waals surface area contributed by atoms with Crippen LogP contribution in [0.2, 0.25) is 0 Å². The summed E-state index contributed by atoms with van der Waals surface area (Å²) >= 11 is 0. The SMILES string of the molecule is C[C@@H](O)[C@@H]1NC(=O)[C@@H](CCCCN)NC(=O)[C@@H](Cc2c[nH]c3ccccc23)NC(=O)[C@@H](Cc2c[nH]c3ccccc23)NC(=O)[C@H](Cc2ccccc2)NC(=O)C(N)CSSCCN(CC(N)=O)C(=O)[C@@H](Cc2ccccc2)NC1=O. The third kappa shape index (κ3) is 16.9. The third-order valence-electron chi connectivity index (χ3n) is 13.7. The zero-order valence-electron chi connectivity index (χ0n) is 44.4. The van der Waals surface area contributed by atoms with Crippen LogP contribution in [-0.4, -0.2) is 147 Å². The van der Waals surface area contributed by atoms with Gasteiger partial charge >= 0.3 is 0 Å². The minimum absolute atomic E-state index is 0.0129. The number of nitrogens with zero attached hydrogens (tertiary/aromatic N) is 1. The van der Waals surface area contributed by atoms with E-state index in [1.165, 1.54) is 33.4 Å². The van der Waals surface area contributed by atoms with Gasteiger partial charge in [0.25, 0.3) is 0 Å². The maximum absolute atomic E-state index is 15.1. The number of benzene rings is 4. The van der Waals surface area contributed by atoms with Gasteiger partial charge in [-0.05, 0) is 67.1 Å². The highest BCUT2D eigenvalue weighted by Crippen LogP contribution is 2.24. The quantitative estimate of drug-likeness (QED) is 0.0512. The zero-order valence-corrected chi connectivity index (χ0v) is 46.0. The molecule has 6 aromatic rings. The maximum atomic E-state index is 15.1. The minimum atomic E-state index is -1.67. The van der Waals surface area contributed by atoms with Crippen LogP contribution in [0.4, 0.5) is 0 Å². The summed E-state index contributed by atoms with van der Waals surface area (Å²) in [5.41, 5.74) is 22.2. The van der Waals surface area contributed by atoms with Gasteiger partial charge in [-0.25, -0.2) is 0 Å². The van der Waals surface area contributed by atoms with Crippen molar-refractivity contribution in [3.05, 3.63) is 144 Å². The van der Waals surface area contributed by atoms with Gasteiger partial charge in [-0.2, -0.15) is 0 Å². The summed E-state index contributed by atoms with van der Waals surface area (Å²) in [5.74, 6) is -5.96. The highest BCUT2D eigenvalue weighted by atomic mass is 33.1. The lowest BCUT2D eigenvalue weighted by Gasteiger charge is -2.30. The van der Waals surface area contributed by atoms with E-state index < -0.39 is 102 Å². The number of aromatic amines is 2. The molecular weight excluding hydrogens is 1060 g/mol. The highest BCUT2D eigenvalue weighted by Gasteiger charge is 2.37. The van der Waals surface area contributed by atoms with E-state index in [-0.39, 0.29) is 56.7 Å². The summed E-state index contributed by atoms with van der Waals surface area (Å²) in [6, 6.07) is 23.1. The van der Waals surface area contributed by atoms with E-state index in [0.717, 1.165) is 21.8 Å². The van der Waals surface area contributed by atoms with Crippen molar-refractivity contribution >= 4 is 90.7 Å². The summed E-state index contributed by atoms with van der Waals surface area (Å²) in [7, 11) is 2.47. The molecule has 21 nitrogen and oxygen atoms in total. The van der Waals surface area contributed by atoms with Crippen LogP contribution in [0.3, 0.4) is 0 Å². The molecule has 1 fully saturated rings. The van der Waals surface area contributed by atoms with Crippen molar-refractivity contribution < 1.29 is 43.5 Å². The summed E-state index contributed by atoms with van der Waals surface area (Å²) in [6.07, 6.45) is 2.50. The van der Waals surface area contributed by atoms with Gasteiger partial charge in [-0.3, -0.25) is 38.4 Å². The van der Waals surface area contributed by atoms with Crippen molar-refractivity contribution in [1.29, 1.82) is 0 Å². The number of rotatable bonds is 15. The number of nitrogens with one attached hydrogen (secondary N) is 8. The molecule has 0 saturated carbocycles. The van der Waals surface area contributed by atoms with E-state index in [9.17, 15) is 38.7 Å². The Hall–Kier alpha value is -7.70. The Morgan fingerprint density at radius 1 is 0.588 bits per heavy atom. The molecule has 0 spiro atoms. The normalized spacial score (nSPS) is 22.4. The molecule has 8 atom stereocenters. The van der Waals surface area contributed by atoms with E-state index >= 15 is 4.79 Å². The monoisotopic (exact) mass is 1130 g/mol. The van der Waals surface area contributed by atoms with Gasteiger partial charge in [0.1, 0.15) is 36.3 Å². The summed E-state index contributed by atoms with van der Waals surface area (Å²) in [4.78, 5) is 122. The predicted molar refractivity (Wildman–Crippen MR) is 309 cm³/mol. The number of amides is 8. The molecule has 0 radical (unpaired) electrons. The molecule has 424 valence electrons. The van der Waals surface area contributed by atoms with E-state index in [1.54, 1.807) is 67.0 Å². The van der Waals surface area contributed by atoms with Gasteiger partial charge in [0.05, 0.1) is 18.7 Å². The molecule has 23 heteroatoms. The van der Waals surface area contributed by atoms with Crippen LogP contribution >= 0.6 is 21.6 Å². The second kappa shape index (κ2) is 29.5. The topological polar surface area (TPSA) is 342 Å². The lowest BCUT2D eigenvalue weighted by Crippen LogP contribution is -2.62. The molecule has 0 aliphatic carbocycles. The average molecular weight is 1130 g/mol. The number of carbonyl (C=O) groups is 8. The van der Waals surface area contributed by atoms with Crippen LogP contribution in [-0.2, 0) is 64.0 Å². The van der Waals surface area contributed by atoms with E-state index in [2.05, 4.69) is 41.9 Å². The standard InChI is InChI=1S/C57H70N12O9S2/c1-34(70)50-56(77)67-48(27-36-16-6-3-7-17-36)57(78)69(32-49(60)71)24-25-79-80-33-41(59)51(72)64-45(26-35-14-4-2-5-15-35)53(74)65-47(29-38-31-62-43-21-11-9-19-40(38)43)55(76)66-46(28-37-30-61-42-20-10-8-18-39(37)42)54(75)63-44(52(73)68-50)22-12-13-23-58/h2-11,14-21,30-31,34,41,44-48,50,61-62,70H,12-13,22-29,32-33,58-59H2,1H3,(H2,60,71)(H,63,75)(H,64,72)(H,65,74)(H,66,76)(H,67,77)(H,68,73)/t34-,41?,44-,45+,46-,47-,48-,50+/m1/s1. The molecule has 1 unspecified atom stereocenters. The Morgan fingerprint density at radius 3 is 1.57 bits per heavy atom. The van der Waals surface area contributed by atoms with Crippen LogP contribution in [0, 0.1) is 0 Å². The summed E-state index contributed by atoms with van der Waals surface area (Å²) in [6.45, 7) is 0.999. The Kier molecular flexibility index (Phi) is 22.1. The summed E-state index contributed by atoms with van der Waals surface area (Å²) < 4.78 is 0. The van der Waals surface area contributed by atoms with Crippen molar-refractivity contribution in [2.24, 2.45) is 17.2 Å². The number of para-hydroxylation sites is 2. The van der Waals surface area contributed by atoms with Crippen molar-refractivity contribution in [2.75, 3.05) is 31.1 Å². The van der Waals surface area contributed by atoms with Gasteiger partial charge in [0.15, 0.2) is 0 Å². The summed E-state index contributed by atoms with van der Waals surface area (Å²) in [5, 5.41) is 29.4. The van der Waals surface area contributed by atoms with Crippen LogP contribution in [0.5, 0.6) is 0 Å². The zero-order chi connectivity index (χ0) is 57.1. The van der Waals surface area contributed by atoms with Crippen LogP contribution in [0.1, 0.15) is 48.4 Å². The number of hydrogen-bond acceptors (Lipinski definition) is 13. The van der Waals surface area contributed by atoms with Crippen molar-refractivity contribution in [2.45, 2.75) is 100 Å². The van der Waals surface area contributed by atoms with E-state index in [4.69, 9.17) is 17.2 Å². The predicted octanol–water partition coefficient (Wildman–Crippen LogP) is 1.37. The molecule has 1 aliphatic heterocycles. The van der Waals surface area contributed by atoms with Crippen LogP contribution in [0.15, 0.2) is 122 Å². The first kappa shape index (κ1) is 60.0. The molecule has 3 heterocycles. The number of hydrogen-bond donors (Lipinski definition) is 12. The fraction of sp³-hybridized carbons (Fsp3) is 0.368. The van der Waals surface area contributed by atoms with Crippen molar-refractivity contribution in [3.8, 4) is 0 Å². The van der Waals surface area contributed by atoms with Crippen LogP contribution < -0.4 is 49.1 Å². The highest BCUT2D eigenvalue weighted by molar-refractivity contribution is 8.76. The Labute approximate surface area is 471 Å². The third-order valence-corrected chi connectivity index (χ3v) is 16.1. The average Bonchev–Trinajstić information content (AvgIpc) is 4.08. The second-order valence-corrected chi connectivity index (χ2v) is 22.4. The fourth-order valence-electron chi connectivity index (χ4n) is 9.43. The first-order valence-electron chi connectivity index (χ1n) is 26.5. The number of aliphatic hydroxyl groups excluding tert-OH is 1. The number of carbonyl (C=O) groups excluding carboxylic acids is 8. The van der Waals surface area contributed by atoms with Gasteiger partial charge < -0.3 is 69.1 Å². The lowest BCUT2D eigenvalue weighted by molar-refractivity contribution is -0.140. The van der Waals surface area contributed by atoms with Gasteiger partial charge in [0.2, 0.25) is 47.3 Å². The smallest absolute Gasteiger partial charge is 0.245 e. The Bertz CT molecular complexity index is 3090. The maximum Gasteiger partial charge on any atom is 0.245 e. The van der Waals surface area contributed by atoms with E-state index in [0.29, 0.717) is 35.1 Å². The molecule has 0 bridgehead atoms. The van der Waals surface area contributed by atoms with Crippen LogP contribution in [0.25, 0.3) is 21.8 Å². The lowest BCUT2D eigenvalue weighted by atomic mass is 10.00. The van der Waals surface area contributed by atoms with Gasteiger partial charge in [0, 0.05) is 77.9 Å². The number of aromatic nitrogens is 2. The number of primary amides is 1. The molecule has 1 aliphatic rings. The molecule has 80 heavy (non-hydrogen) atoms. The Balaban J connectivity index is 1.28. The first-order valence-corrected chi connectivity index (χ1v) is 29.0. The number of H-pyrrole nitrogens is 2. The number of fused-ring (bicyclic) bond motifs is 2. The number of nitrogens with two attached hydrogens (primary N) is 3. The second-order valence-electron chi connectivity index (χ2n) is 19.8. The number of aliphatic hydroxyl groups is 1. The molecule has 7 rings (SSSR count). The molecular formula is C57H70N12O9S2. The van der Waals surface area contributed by atoms with Gasteiger partial charge in [-0.1, -0.05) is 119 Å². The number of unbranched alkanes of at least 4 members (excludes halogenated alkanes) is 1. The largest absolute Gasteiger partial charge is 0.391 e. The van der Waals surface area contributed by atoms with Crippen molar-refractivity contribution in [3.63, 3.8) is 0 Å². The molecule has 1 saturated heterocycles. The Morgan fingerprint density at radius 2 is 1.05 bits per heavy atom. The fourth-order valence-corrected chi connectivity index (χ4v) is 11.5. The minimum Gasteiger partial charge on any atom is -0.391 e.